The minimum atomic E-state index is 0.0216. The zero-order chi connectivity index (χ0) is 14.0. The van der Waals surface area contributed by atoms with Crippen molar-refractivity contribution in [2.24, 2.45) is 17.6 Å². The standard InChI is InChI=1S/C17H27NO/c1-11-5-6-17(16(10-11)14(4)18)19-15-8-12(2)7-13(3)9-15/h5-6,10,12-15H,7-9,18H2,1-4H3/t12?,13?,14-,15?/m1/s1. The van der Waals surface area contributed by atoms with E-state index in [9.17, 15) is 0 Å². The molecule has 2 unspecified atom stereocenters. The van der Waals surface area contributed by atoms with Crippen LogP contribution >= 0.6 is 0 Å². The molecule has 0 heterocycles. The van der Waals surface area contributed by atoms with Crippen LogP contribution in [-0.2, 0) is 0 Å². The van der Waals surface area contributed by atoms with E-state index in [1.54, 1.807) is 0 Å². The van der Waals surface area contributed by atoms with Crippen molar-refractivity contribution in [2.45, 2.75) is 59.1 Å². The number of hydrogen-bond acceptors (Lipinski definition) is 2. The molecule has 2 heteroatoms. The van der Waals surface area contributed by atoms with Gasteiger partial charge in [0.05, 0.1) is 6.10 Å². The molecule has 2 nitrogen and oxygen atoms in total. The van der Waals surface area contributed by atoms with E-state index in [4.69, 9.17) is 10.5 Å². The molecule has 1 aromatic carbocycles. The van der Waals surface area contributed by atoms with Gasteiger partial charge in [0, 0.05) is 11.6 Å². The highest BCUT2D eigenvalue weighted by Crippen LogP contribution is 2.33. The van der Waals surface area contributed by atoms with Gasteiger partial charge in [0.25, 0.3) is 0 Å². The molecule has 0 saturated heterocycles. The zero-order valence-electron chi connectivity index (χ0n) is 12.6. The van der Waals surface area contributed by atoms with E-state index in [1.165, 1.54) is 12.0 Å². The second-order valence-corrected chi connectivity index (χ2v) is 6.49. The Morgan fingerprint density at radius 1 is 1.16 bits per heavy atom. The summed E-state index contributed by atoms with van der Waals surface area (Å²) in [6.45, 7) is 8.77. The highest BCUT2D eigenvalue weighted by molar-refractivity contribution is 5.39. The van der Waals surface area contributed by atoms with Crippen LogP contribution in [0.2, 0.25) is 0 Å². The third-order valence-corrected chi connectivity index (χ3v) is 4.08. The first-order valence-corrected chi connectivity index (χ1v) is 7.48. The fourth-order valence-corrected chi connectivity index (χ4v) is 3.28. The third kappa shape index (κ3) is 3.73. The van der Waals surface area contributed by atoms with Crippen LogP contribution in [0.1, 0.15) is 57.2 Å². The van der Waals surface area contributed by atoms with Gasteiger partial charge in [0.2, 0.25) is 0 Å². The maximum Gasteiger partial charge on any atom is 0.124 e. The summed E-state index contributed by atoms with van der Waals surface area (Å²) in [6.07, 6.45) is 4.00. The summed E-state index contributed by atoms with van der Waals surface area (Å²) < 4.78 is 6.26. The van der Waals surface area contributed by atoms with Gasteiger partial charge >= 0.3 is 0 Å². The smallest absolute Gasteiger partial charge is 0.124 e. The number of ether oxygens (including phenoxy) is 1. The van der Waals surface area contributed by atoms with Crippen molar-refractivity contribution in [1.82, 2.24) is 0 Å². The lowest BCUT2D eigenvalue weighted by atomic mass is 9.82. The Hall–Kier alpha value is -1.02. The van der Waals surface area contributed by atoms with Gasteiger partial charge in [-0.15, -0.1) is 0 Å². The van der Waals surface area contributed by atoms with Crippen molar-refractivity contribution >= 4 is 0 Å². The quantitative estimate of drug-likeness (QED) is 0.884. The summed E-state index contributed by atoms with van der Waals surface area (Å²) in [5, 5.41) is 0. The lowest BCUT2D eigenvalue weighted by Gasteiger charge is -2.32. The number of benzene rings is 1. The predicted octanol–water partition coefficient (Wildman–Crippen LogP) is 4.22. The third-order valence-electron chi connectivity index (χ3n) is 4.08. The summed E-state index contributed by atoms with van der Waals surface area (Å²) in [4.78, 5) is 0. The van der Waals surface area contributed by atoms with Gasteiger partial charge in [0.1, 0.15) is 5.75 Å². The molecule has 0 aliphatic heterocycles. The number of rotatable bonds is 3. The van der Waals surface area contributed by atoms with Gasteiger partial charge in [-0.3, -0.25) is 0 Å². The average Bonchev–Trinajstić information content (AvgIpc) is 2.30. The highest BCUT2D eigenvalue weighted by atomic mass is 16.5. The minimum Gasteiger partial charge on any atom is -0.490 e. The van der Waals surface area contributed by atoms with Crippen LogP contribution in [0, 0.1) is 18.8 Å². The van der Waals surface area contributed by atoms with E-state index in [0.29, 0.717) is 6.10 Å². The number of aryl methyl sites for hydroxylation is 1. The second kappa shape index (κ2) is 5.96. The molecule has 0 aromatic heterocycles. The Balaban J connectivity index is 2.14. The van der Waals surface area contributed by atoms with Crippen LogP contribution in [0.25, 0.3) is 0 Å². The van der Waals surface area contributed by atoms with Crippen LogP contribution in [-0.4, -0.2) is 6.10 Å². The topological polar surface area (TPSA) is 35.2 Å². The normalized spacial score (nSPS) is 29.0. The molecule has 1 aromatic rings. The molecule has 0 radical (unpaired) electrons. The molecule has 0 spiro atoms. The lowest BCUT2D eigenvalue weighted by Crippen LogP contribution is -2.29. The van der Waals surface area contributed by atoms with Gasteiger partial charge in [-0.25, -0.2) is 0 Å². The van der Waals surface area contributed by atoms with Crippen molar-refractivity contribution in [2.75, 3.05) is 0 Å². The van der Waals surface area contributed by atoms with Gasteiger partial charge < -0.3 is 10.5 Å². The average molecular weight is 261 g/mol. The van der Waals surface area contributed by atoms with Crippen molar-refractivity contribution in [1.29, 1.82) is 0 Å². The number of nitrogens with two attached hydrogens (primary N) is 1. The van der Waals surface area contributed by atoms with Crippen LogP contribution < -0.4 is 10.5 Å². The minimum absolute atomic E-state index is 0.0216. The molecule has 3 atom stereocenters. The van der Waals surface area contributed by atoms with Crippen molar-refractivity contribution < 1.29 is 4.74 Å². The van der Waals surface area contributed by atoms with Crippen molar-refractivity contribution in [3.8, 4) is 5.75 Å². The fourth-order valence-electron chi connectivity index (χ4n) is 3.28. The van der Waals surface area contributed by atoms with Crippen molar-refractivity contribution in [3.63, 3.8) is 0 Å². The first-order chi connectivity index (χ1) is 8.95. The Kier molecular flexibility index (Phi) is 4.51. The van der Waals surface area contributed by atoms with E-state index in [2.05, 4.69) is 39.0 Å². The first-order valence-electron chi connectivity index (χ1n) is 7.48. The molecule has 2 rings (SSSR count). The molecule has 1 fully saturated rings. The lowest BCUT2D eigenvalue weighted by molar-refractivity contribution is 0.0998. The Bertz CT molecular complexity index is 417. The highest BCUT2D eigenvalue weighted by Gasteiger charge is 2.26. The summed E-state index contributed by atoms with van der Waals surface area (Å²) in [6, 6.07) is 6.36. The maximum absolute atomic E-state index is 6.26. The van der Waals surface area contributed by atoms with E-state index in [1.807, 2.05) is 6.92 Å². The number of hydrogen-bond donors (Lipinski definition) is 1. The van der Waals surface area contributed by atoms with E-state index in [-0.39, 0.29) is 6.04 Å². The summed E-state index contributed by atoms with van der Waals surface area (Å²) in [5.74, 6) is 2.50. The summed E-state index contributed by atoms with van der Waals surface area (Å²) >= 11 is 0. The van der Waals surface area contributed by atoms with Crippen LogP contribution in [0.5, 0.6) is 5.75 Å². The molecule has 19 heavy (non-hydrogen) atoms. The first kappa shape index (κ1) is 14.4. The molecule has 0 amide bonds. The summed E-state index contributed by atoms with van der Waals surface area (Å²) in [5.41, 5.74) is 8.43. The zero-order valence-corrected chi connectivity index (χ0v) is 12.6. The van der Waals surface area contributed by atoms with E-state index in [0.717, 1.165) is 36.0 Å². The van der Waals surface area contributed by atoms with Gasteiger partial charge in [0.15, 0.2) is 0 Å². The summed E-state index contributed by atoms with van der Waals surface area (Å²) in [7, 11) is 0. The molecule has 1 aliphatic carbocycles. The fraction of sp³-hybridized carbons (Fsp3) is 0.647. The molecular weight excluding hydrogens is 234 g/mol. The molecule has 0 bridgehead atoms. The molecule has 106 valence electrons. The largest absolute Gasteiger partial charge is 0.490 e. The molecule has 1 saturated carbocycles. The molecule has 2 N–H and O–H groups in total. The maximum atomic E-state index is 6.26. The molecule has 1 aliphatic rings. The Morgan fingerprint density at radius 2 is 1.79 bits per heavy atom. The van der Waals surface area contributed by atoms with Gasteiger partial charge in [-0.1, -0.05) is 31.5 Å². The van der Waals surface area contributed by atoms with E-state index < -0.39 is 0 Å². The van der Waals surface area contributed by atoms with Gasteiger partial charge in [-0.2, -0.15) is 0 Å². The van der Waals surface area contributed by atoms with Crippen LogP contribution in [0.3, 0.4) is 0 Å². The predicted molar refractivity (Wildman–Crippen MR) is 80.4 cm³/mol. The molecular formula is C17H27NO. The Labute approximate surface area is 117 Å². The second-order valence-electron chi connectivity index (χ2n) is 6.49. The monoisotopic (exact) mass is 261 g/mol. The van der Waals surface area contributed by atoms with Crippen molar-refractivity contribution in [3.05, 3.63) is 29.3 Å². The van der Waals surface area contributed by atoms with E-state index >= 15 is 0 Å². The van der Waals surface area contributed by atoms with Crippen LogP contribution in [0.15, 0.2) is 18.2 Å². The SMILES string of the molecule is Cc1ccc(OC2CC(C)CC(C)C2)c([C@@H](C)N)c1. The van der Waals surface area contributed by atoms with Gasteiger partial charge in [-0.05, 0) is 51.0 Å². The van der Waals surface area contributed by atoms with Crippen LogP contribution in [0.4, 0.5) is 0 Å². The Morgan fingerprint density at radius 3 is 2.37 bits per heavy atom.